The van der Waals surface area contributed by atoms with E-state index >= 15 is 0 Å². The van der Waals surface area contributed by atoms with E-state index in [4.69, 9.17) is 39.8 Å². The highest BCUT2D eigenvalue weighted by Crippen LogP contribution is 2.57. The van der Waals surface area contributed by atoms with Crippen LogP contribution in [-0.4, -0.2) is 111 Å². The van der Waals surface area contributed by atoms with Crippen molar-refractivity contribution in [3.05, 3.63) is 33.1 Å². The van der Waals surface area contributed by atoms with Gasteiger partial charge in [-0.25, -0.2) is 13.9 Å². The number of nitrogens with one attached hydrogen (secondary N) is 1. The van der Waals surface area contributed by atoms with Gasteiger partial charge in [-0.15, -0.1) is 0 Å². The van der Waals surface area contributed by atoms with Crippen molar-refractivity contribution in [3.63, 3.8) is 0 Å². The number of aromatic amines is 1. The molecule has 0 saturated carbocycles. The molecule has 2 heterocycles. The highest BCUT2D eigenvalue weighted by molar-refractivity contribution is 7.60. The van der Waals surface area contributed by atoms with E-state index in [1.54, 1.807) is 0 Å². The Bertz CT molecular complexity index is 1050. The van der Waals surface area contributed by atoms with E-state index in [0.717, 1.165) is 16.8 Å². The molecule has 21 heteroatoms. The summed E-state index contributed by atoms with van der Waals surface area (Å²) in [5.41, 5.74) is -1.65. The fourth-order valence-corrected chi connectivity index (χ4v) is 4.25. The molecule has 1 fully saturated rings. The Morgan fingerprint density at radius 1 is 1.11 bits per heavy atom. The molecule has 36 heavy (non-hydrogen) atoms. The van der Waals surface area contributed by atoms with Gasteiger partial charge in [0.15, 0.2) is 6.23 Å². The van der Waals surface area contributed by atoms with Gasteiger partial charge in [-0.3, -0.25) is 18.9 Å². The second kappa shape index (κ2) is 13.8. The third kappa shape index (κ3) is 10.0. The maximum Gasteiger partial charge on any atom is 0.481 e. The van der Waals surface area contributed by atoms with Crippen molar-refractivity contribution in [2.45, 2.75) is 49.3 Å². The van der Waals surface area contributed by atoms with Crippen LogP contribution in [0.2, 0.25) is 0 Å². The molecule has 1 aromatic heterocycles. The third-order valence-corrected chi connectivity index (χ3v) is 6.54. The molecule has 0 bridgehead atoms. The van der Waals surface area contributed by atoms with E-state index in [0.29, 0.717) is 6.29 Å². The largest absolute Gasteiger partial charge is 0.481 e. The van der Waals surface area contributed by atoms with E-state index in [2.05, 4.69) is 8.83 Å². The fraction of sp³-hybridized carbons (Fsp3) is 0.667. The van der Waals surface area contributed by atoms with Crippen LogP contribution in [0.1, 0.15) is 12.6 Å². The fourth-order valence-electron chi connectivity index (χ4n) is 2.65. The Balaban J connectivity index is 0.000000497. The lowest BCUT2D eigenvalue weighted by Gasteiger charge is -2.19. The van der Waals surface area contributed by atoms with Gasteiger partial charge in [0, 0.05) is 18.7 Å². The summed E-state index contributed by atoms with van der Waals surface area (Å²) in [6, 6.07) is 0.962. The van der Waals surface area contributed by atoms with Crippen LogP contribution in [0.5, 0.6) is 0 Å². The van der Waals surface area contributed by atoms with Crippen molar-refractivity contribution in [3.8, 4) is 0 Å². The van der Waals surface area contributed by atoms with Gasteiger partial charge in [-0.1, -0.05) is 0 Å². The van der Waals surface area contributed by atoms with Crippen molar-refractivity contribution in [2.75, 3.05) is 13.2 Å². The Morgan fingerprint density at radius 2 is 1.72 bits per heavy atom. The van der Waals surface area contributed by atoms with Crippen molar-refractivity contribution < 1.29 is 72.8 Å². The molecule has 1 aromatic rings. The number of rotatable bonds is 11. The summed E-state index contributed by atoms with van der Waals surface area (Å²) < 4.78 is 35.6. The van der Waals surface area contributed by atoms with Crippen LogP contribution in [0.3, 0.4) is 0 Å². The molecule has 1 aliphatic rings. The first kappa shape index (κ1) is 32.4. The minimum absolute atomic E-state index is 0.252. The molecule has 1 aliphatic heterocycles. The molecule has 8 unspecified atom stereocenters. The molecule has 2 rings (SSSR count). The van der Waals surface area contributed by atoms with Crippen molar-refractivity contribution in [1.29, 1.82) is 0 Å². The summed E-state index contributed by atoms with van der Waals surface area (Å²) in [4.78, 5) is 60.5. The van der Waals surface area contributed by atoms with Crippen LogP contribution in [0.4, 0.5) is 0 Å². The zero-order chi connectivity index (χ0) is 27.8. The molecule has 19 nitrogen and oxygen atoms in total. The number of aldehydes is 1. The van der Waals surface area contributed by atoms with Gasteiger partial charge >= 0.3 is 21.3 Å². The molecule has 10 N–H and O–H groups in total. The minimum Gasteiger partial charge on any atom is -0.394 e. The lowest BCUT2D eigenvalue weighted by Crippen LogP contribution is -2.39. The summed E-state index contributed by atoms with van der Waals surface area (Å²) in [5, 5.41) is 54.6. The van der Waals surface area contributed by atoms with E-state index in [1.165, 1.54) is 0 Å². The average Bonchev–Trinajstić information content (AvgIpc) is 3.04. The van der Waals surface area contributed by atoms with Crippen LogP contribution < -0.4 is 11.2 Å². The van der Waals surface area contributed by atoms with Crippen LogP contribution >= 0.6 is 15.6 Å². The van der Waals surface area contributed by atoms with Crippen molar-refractivity contribution >= 4 is 21.9 Å². The Kier molecular flexibility index (Phi) is 12.4. The molecule has 1 saturated heterocycles. The summed E-state index contributed by atoms with van der Waals surface area (Å²) in [7, 11) is -10.5. The first-order chi connectivity index (χ1) is 16.5. The van der Waals surface area contributed by atoms with Gasteiger partial charge in [0.05, 0.1) is 19.3 Å². The number of hydrogen-bond acceptors (Lipinski definition) is 14. The second-order valence-electron chi connectivity index (χ2n) is 7.11. The second-order valence-corrected chi connectivity index (χ2v) is 9.94. The molecular weight excluding hydrogens is 542 g/mol. The summed E-state index contributed by atoms with van der Waals surface area (Å²) in [5.74, 6) is 0. The number of hydrogen-bond donors (Lipinski definition) is 10. The van der Waals surface area contributed by atoms with Crippen LogP contribution in [0.15, 0.2) is 21.9 Å². The number of phosphoric acid groups is 2. The van der Waals surface area contributed by atoms with Gasteiger partial charge in [-0.05, 0) is 0 Å². The number of aliphatic hydroxyl groups excluding tert-OH is 6. The SMILES string of the molecule is O=CCC(O)C(O)C(O)CO.O=c1ccn(C2OC(COP(=O)(O)OP(=O)(O)O)C(O)C2O)c(=O)[nH]1. The topological polar surface area (TPSA) is 316 Å². The van der Waals surface area contributed by atoms with Crippen LogP contribution in [0, 0.1) is 0 Å². The summed E-state index contributed by atoms with van der Waals surface area (Å²) in [6.07, 6.45) is -9.25. The van der Waals surface area contributed by atoms with Gasteiger partial charge in [-0.2, -0.15) is 4.31 Å². The molecule has 0 aliphatic carbocycles. The molecule has 8 atom stereocenters. The predicted molar refractivity (Wildman–Crippen MR) is 112 cm³/mol. The van der Waals surface area contributed by atoms with Gasteiger partial charge in [0.2, 0.25) is 0 Å². The quantitative estimate of drug-likeness (QED) is 0.0882. The highest BCUT2D eigenvalue weighted by Gasteiger charge is 2.45. The number of aliphatic hydroxyl groups is 6. The first-order valence-electron chi connectivity index (χ1n) is 9.69. The molecule has 0 spiro atoms. The van der Waals surface area contributed by atoms with Gasteiger partial charge < -0.3 is 54.9 Å². The van der Waals surface area contributed by atoms with E-state index in [9.17, 15) is 33.7 Å². The number of carbonyl (C=O) groups excluding carboxylic acids is 1. The number of phosphoric ester groups is 1. The smallest absolute Gasteiger partial charge is 0.394 e. The number of nitrogens with zero attached hydrogens (tertiary/aromatic N) is 1. The normalized spacial score (nSPS) is 26.2. The Morgan fingerprint density at radius 3 is 2.22 bits per heavy atom. The monoisotopic (exact) mass is 568 g/mol. The van der Waals surface area contributed by atoms with Gasteiger partial charge in [0.1, 0.15) is 36.8 Å². The number of H-pyrrole nitrogens is 1. The number of ether oxygens (including phenoxy) is 1. The summed E-state index contributed by atoms with van der Waals surface area (Å²) in [6.45, 7) is -1.54. The molecule has 0 amide bonds. The van der Waals surface area contributed by atoms with Gasteiger partial charge in [0.25, 0.3) is 5.56 Å². The standard InChI is InChI=1S/C9H14N2O12P2.C6H12O5/c12-5-1-2-11(9(15)10-5)8-7(14)6(13)4(22-8)3-21-25(19,20)23-24(16,17)18;7-2-1-4(9)6(11)5(10)3-8/h1-2,4,6-8,13-14H,3H2,(H,19,20)(H,10,12,15)(H2,16,17,18);2,4-6,8-11H,1,3H2. The molecule has 208 valence electrons. The number of aromatic nitrogens is 2. The zero-order valence-electron chi connectivity index (χ0n) is 18.0. The number of carbonyl (C=O) groups is 1. The van der Waals surface area contributed by atoms with Crippen molar-refractivity contribution in [1.82, 2.24) is 9.55 Å². The molecule has 0 aromatic carbocycles. The average molecular weight is 568 g/mol. The summed E-state index contributed by atoms with van der Waals surface area (Å²) >= 11 is 0. The first-order valence-corrected chi connectivity index (χ1v) is 12.7. The van der Waals surface area contributed by atoms with E-state index < -0.39 is 83.0 Å². The lowest BCUT2D eigenvalue weighted by atomic mass is 10.1. The highest BCUT2D eigenvalue weighted by atomic mass is 31.3. The molecule has 0 radical (unpaired) electrons. The van der Waals surface area contributed by atoms with E-state index in [1.807, 2.05) is 4.98 Å². The Labute approximate surface area is 200 Å². The lowest BCUT2D eigenvalue weighted by molar-refractivity contribution is -0.115. The Hall–Kier alpha value is -1.67. The van der Waals surface area contributed by atoms with Crippen molar-refractivity contribution in [2.24, 2.45) is 0 Å². The molecular formula is C15H26N2O17P2. The van der Waals surface area contributed by atoms with Crippen LogP contribution in [-0.2, 0) is 27.5 Å². The minimum atomic E-state index is -5.32. The zero-order valence-corrected chi connectivity index (χ0v) is 19.8. The van der Waals surface area contributed by atoms with E-state index in [-0.39, 0.29) is 6.42 Å². The maximum atomic E-state index is 11.7. The maximum absolute atomic E-state index is 11.7. The van der Waals surface area contributed by atoms with Crippen LogP contribution in [0.25, 0.3) is 0 Å². The predicted octanol–water partition coefficient (Wildman–Crippen LogP) is -4.97. The third-order valence-electron chi connectivity index (χ3n) is 4.39.